The first-order valence-electron chi connectivity index (χ1n) is 6.40. The zero-order valence-electron chi connectivity index (χ0n) is 12.5. The zero-order chi connectivity index (χ0) is 16.0. The lowest BCUT2D eigenvalue weighted by Gasteiger charge is -2.34. The summed E-state index contributed by atoms with van der Waals surface area (Å²) in [5.74, 6) is -1.70. The van der Waals surface area contributed by atoms with Gasteiger partial charge in [0.25, 0.3) is 0 Å². The number of hydrogen-bond donors (Lipinski definition) is 1. The molecule has 0 bridgehead atoms. The molecule has 2 atom stereocenters. The summed E-state index contributed by atoms with van der Waals surface area (Å²) < 4.78 is 10.0. The van der Waals surface area contributed by atoms with Gasteiger partial charge in [0.05, 0.1) is 7.11 Å². The molecule has 1 N–H and O–H groups in total. The summed E-state index contributed by atoms with van der Waals surface area (Å²) in [7, 11) is 1.21. The molecule has 0 saturated carbocycles. The summed E-state index contributed by atoms with van der Waals surface area (Å²) in [6.07, 6.45) is -0.993. The lowest BCUT2D eigenvalue weighted by atomic mass is 9.88. The van der Waals surface area contributed by atoms with Gasteiger partial charge >= 0.3 is 11.9 Å². The molecule has 0 aliphatic carbocycles. The van der Waals surface area contributed by atoms with Gasteiger partial charge in [-0.15, -0.1) is 0 Å². The highest BCUT2D eigenvalue weighted by Gasteiger charge is 2.46. The molecule has 0 aliphatic rings. The molecule has 0 saturated heterocycles. The van der Waals surface area contributed by atoms with E-state index in [2.05, 4.69) is 5.32 Å². The molecule has 0 heterocycles. The van der Waals surface area contributed by atoms with Crippen LogP contribution in [0, 0.1) is 0 Å². The molecule has 6 nitrogen and oxygen atoms in total. The maximum absolute atomic E-state index is 12.1. The average molecular weight is 293 g/mol. The van der Waals surface area contributed by atoms with Crippen molar-refractivity contribution in [3.05, 3.63) is 35.9 Å². The number of carbonyl (C=O) groups excluding carboxylic acids is 3. The Labute approximate surface area is 123 Å². The molecule has 1 amide bonds. The average Bonchev–Trinajstić information content (AvgIpc) is 2.43. The van der Waals surface area contributed by atoms with Crippen LogP contribution in [0.25, 0.3) is 0 Å². The highest BCUT2D eigenvalue weighted by molar-refractivity contribution is 5.88. The fraction of sp³-hybridized carbons (Fsp3) is 0.400. The second-order valence-corrected chi connectivity index (χ2v) is 4.78. The van der Waals surface area contributed by atoms with Crippen LogP contribution >= 0.6 is 0 Å². The van der Waals surface area contributed by atoms with Crippen molar-refractivity contribution in [1.29, 1.82) is 0 Å². The summed E-state index contributed by atoms with van der Waals surface area (Å²) in [5.41, 5.74) is -0.942. The maximum atomic E-state index is 12.1. The van der Waals surface area contributed by atoms with E-state index in [1.807, 2.05) is 0 Å². The minimum absolute atomic E-state index is 0.434. The van der Waals surface area contributed by atoms with Crippen LogP contribution in [0.5, 0.6) is 0 Å². The van der Waals surface area contributed by atoms with Gasteiger partial charge in [0.15, 0.2) is 11.6 Å². The number of hydrogen-bond acceptors (Lipinski definition) is 5. The Morgan fingerprint density at radius 3 is 2.14 bits per heavy atom. The summed E-state index contributed by atoms with van der Waals surface area (Å²) in [4.78, 5) is 35.0. The van der Waals surface area contributed by atoms with Gasteiger partial charge in [0.1, 0.15) is 0 Å². The smallest absolute Gasteiger partial charge is 0.335 e. The quantitative estimate of drug-likeness (QED) is 0.829. The Hall–Kier alpha value is -2.37. The van der Waals surface area contributed by atoms with Crippen LogP contribution in [0.2, 0.25) is 0 Å². The van der Waals surface area contributed by atoms with Crippen molar-refractivity contribution >= 4 is 17.8 Å². The van der Waals surface area contributed by atoms with Crippen molar-refractivity contribution in [2.45, 2.75) is 32.4 Å². The van der Waals surface area contributed by atoms with E-state index in [1.165, 1.54) is 27.9 Å². The fourth-order valence-electron chi connectivity index (χ4n) is 2.11. The highest BCUT2D eigenvalue weighted by Crippen LogP contribution is 2.31. The first-order valence-corrected chi connectivity index (χ1v) is 6.40. The topological polar surface area (TPSA) is 81.7 Å². The van der Waals surface area contributed by atoms with Crippen LogP contribution in [0.15, 0.2) is 30.3 Å². The molecule has 1 aromatic carbocycles. The number of nitrogens with one attached hydrogen (secondary N) is 1. The number of methoxy groups -OCH3 is 1. The monoisotopic (exact) mass is 293 g/mol. The summed E-state index contributed by atoms with van der Waals surface area (Å²) in [6, 6.07) is 8.70. The zero-order valence-corrected chi connectivity index (χ0v) is 12.5. The van der Waals surface area contributed by atoms with Crippen LogP contribution in [0.4, 0.5) is 0 Å². The molecule has 21 heavy (non-hydrogen) atoms. The Morgan fingerprint density at radius 1 is 1.14 bits per heavy atom. The third-order valence-corrected chi connectivity index (χ3v) is 2.96. The largest absolute Gasteiger partial charge is 0.467 e. The molecule has 0 fully saturated rings. The standard InChI is InChI=1S/C15H19NO5/c1-10(17)16-15(3,14(19)20-4)13(21-11(2)18)12-8-6-5-7-9-12/h5-9,13H,1-4H3,(H,16,17)/t13-,15+/m1/s1. The van der Waals surface area contributed by atoms with Gasteiger partial charge in [-0.3, -0.25) is 9.59 Å². The van der Waals surface area contributed by atoms with Crippen LogP contribution in [0.3, 0.4) is 0 Å². The van der Waals surface area contributed by atoms with E-state index in [0.717, 1.165) is 0 Å². The molecule has 0 radical (unpaired) electrons. The Kier molecular flexibility index (Phi) is 5.46. The van der Waals surface area contributed by atoms with E-state index in [9.17, 15) is 14.4 Å². The van der Waals surface area contributed by atoms with E-state index < -0.39 is 29.5 Å². The molecule has 114 valence electrons. The lowest BCUT2D eigenvalue weighted by molar-refractivity contribution is -0.165. The maximum Gasteiger partial charge on any atom is 0.335 e. The van der Waals surface area contributed by atoms with Gasteiger partial charge in [0, 0.05) is 13.8 Å². The second kappa shape index (κ2) is 6.88. The molecule has 0 unspecified atom stereocenters. The Balaban J connectivity index is 3.33. The van der Waals surface area contributed by atoms with Gasteiger partial charge in [-0.2, -0.15) is 0 Å². The molecule has 0 spiro atoms. The minimum Gasteiger partial charge on any atom is -0.467 e. The predicted molar refractivity (Wildman–Crippen MR) is 75.2 cm³/mol. The fourth-order valence-corrected chi connectivity index (χ4v) is 2.11. The number of carbonyl (C=O) groups is 3. The minimum atomic E-state index is -1.52. The van der Waals surface area contributed by atoms with Crippen LogP contribution in [-0.4, -0.2) is 30.5 Å². The molecular weight excluding hydrogens is 274 g/mol. The van der Waals surface area contributed by atoms with Gasteiger partial charge in [0.2, 0.25) is 5.91 Å². The highest BCUT2D eigenvalue weighted by atomic mass is 16.6. The van der Waals surface area contributed by atoms with Gasteiger partial charge in [-0.05, 0) is 12.5 Å². The first kappa shape index (κ1) is 16.7. The molecule has 0 aliphatic heterocycles. The van der Waals surface area contributed by atoms with Crippen molar-refractivity contribution in [1.82, 2.24) is 5.32 Å². The summed E-state index contributed by atoms with van der Waals surface area (Å²) in [5, 5.41) is 2.52. The van der Waals surface area contributed by atoms with Crippen molar-refractivity contribution < 1.29 is 23.9 Å². The van der Waals surface area contributed by atoms with Crippen LogP contribution in [0.1, 0.15) is 32.4 Å². The predicted octanol–water partition coefficient (Wildman–Crippen LogP) is 1.36. The number of ether oxygens (including phenoxy) is 2. The van der Waals surface area contributed by atoms with E-state index >= 15 is 0 Å². The second-order valence-electron chi connectivity index (χ2n) is 4.78. The number of rotatable bonds is 5. The SMILES string of the molecule is COC(=O)[C@@](C)(NC(C)=O)[C@H](OC(C)=O)c1ccccc1. The molecule has 1 rings (SSSR count). The summed E-state index contributed by atoms with van der Waals surface area (Å²) in [6.45, 7) is 3.97. The van der Waals surface area contributed by atoms with Crippen molar-refractivity contribution in [2.75, 3.05) is 7.11 Å². The van der Waals surface area contributed by atoms with E-state index in [0.29, 0.717) is 5.56 Å². The van der Waals surface area contributed by atoms with Gasteiger partial charge < -0.3 is 14.8 Å². The number of amides is 1. The number of esters is 2. The molecule has 0 aromatic heterocycles. The van der Waals surface area contributed by atoms with E-state index in [4.69, 9.17) is 9.47 Å². The van der Waals surface area contributed by atoms with Crippen LogP contribution < -0.4 is 5.32 Å². The lowest BCUT2D eigenvalue weighted by Crippen LogP contribution is -2.57. The Bertz CT molecular complexity index is 528. The van der Waals surface area contributed by atoms with Crippen molar-refractivity contribution in [3.63, 3.8) is 0 Å². The molecule has 1 aromatic rings. The van der Waals surface area contributed by atoms with Gasteiger partial charge in [-0.1, -0.05) is 30.3 Å². The first-order chi connectivity index (χ1) is 9.81. The van der Waals surface area contributed by atoms with Crippen LogP contribution in [-0.2, 0) is 23.9 Å². The van der Waals surface area contributed by atoms with E-state index in [-0.39, 0.29) is 0 Å². The molecular formula is C15H19NO5. The number of benzene rings is 1. The molecule has 6 heteroatoms. The third kappa shape index (κ3) is 4.05. The summed E-state index contributed by atoms with van der Waals surface area (Å²) >= 11 is 0. The Morgan fingerprint density at radius 2 is 1.71 bits per heavy atom. The normalized spacial score (nSPS) is 14.5. The van der Waals surface area contributed by atoms with Crippen molar-refractivity contribution in [3.8, 4) is 0 Å². The van der Waals surface area contributed by atoms with E-state index in [1.54, 1.807) is 30.3 Å². The van der Waals surface area contributed by atoms with Gasteiger partial charge in [-0.25, -0.2) is 4.79 Å². The van der Waals surface area contributed by atoms with Crippen molar-refractivity contribution in [2.24, 2.45) is 0 Å². The third-order valence-electron chi connectivity index (χ3n) is 2.96.